The molecule has 0 unspecified atom stereocenters. The van der Waals surface area contributed by atoms with Gasteiger partial charge in [-0.15, -0.1) is 23.1 Å². The maximum Gasteiger partial charge on any atom is 0.130 e. The number of hydrogen-bond donors (Lipinski definition) is 1. The molecule has 0 atom stereocenters. The molecule has 0 bridgehead atoms. The molecule has 3 nitrogen and oxygen atoms in total. The molecule has 0 aliphatic heterocycles. The molecule has 2 N–H and O–H groups in total. The topological polar surface area (TPSA) is 73.6 Å². The number of rotatable bonds is 6. The van der Waals surface area contributed by atoms with Gasteiger partial charge < -0.3 is 5.73 Å². The molecule has 5 heteroatoms. The largest absolute Gasteiger partial charge is 0.396 e. The van der Waals surface area contributed by atoms with Crippen LogP contribution in [0.5, 0.6) is 0 Å². The minimum absolute atomic E-state index is 0.344. The lowest BCUT2D eigenvalue weighted by Crippen LogP contribution is -1.88. The summed E-state index contributed by atoms with van der Waals surface area (Å²) in [6.45, 7) is 2.18. The Morgan fingerprint density at radius 2 is 2.00 bits per heavy atom. The monoisotopic (exact) mass is 265 g/mol. The highest BCUT2D eigenvalue weighted by atomic mass is 32.2. The first kappa shape index (κ1) is 13.9. The molecule has 0 saturated heterocycles. The third-order valence-electron chi connectivity index (χ3n) is 2.36. The molecule has 1 rings (SSSR count). The normalized spacial score (nSPS) is 9.82. The average Bonchev–Trinajstić information content (AvgIpc) is 2.65. The highest BCUT2D eigenvalue weighted by Gasteiger charge is 2.15. The Bertz CT molecular complexity index is 452. The van der Waals surface area contributed by atoms with E-state index >= 15 is 0 Å². The highest BCUT2D eigenvalue weighted by molar-refractivity contribution is 8.01. The summed E-state index contributed by atoms with van der Waals surface area (Å²) in [6, 6.07) is 4.11. The van der Waals surface area contributed by atoms with Crippen LogP contribution in [0.15, 0.2) is 4.21 Å². The van der Waals surface area contributed by atoms with E-state index in [0.717, 1.165) is 16.4 Å². The van der Waals surface area contributed by atoms with Gasteiger partial charge in [0.2, 0.25) is 0 Å². The third kappa shape index (κ3) is 3.66. The molecule has 90 valence electrons. The molecule has 0 radical (unpaired) electrons. The van der Waals surface area contributed by atoms with Gasteiger partial charge in [0.25, 0.3) is 0 Å². The SMILES string of the molecule is CCCCCCSc1sc(C#N)c(N)c1C#N. The number of nitrogen functional groups attached to an aromatic ring is 1. The Kier molecular flexibility index (Phi) is 5.90. The molecule has 0 saturated carbocycles. The summed E-state index contributed by atoms with van der Waals surface area (Å²) in [5, 5.41) is 17.9. The van der Waals surface area contributed by atoms with Crippen LogP contribution in [0.4, 0.5) is 5.69 Å². The quantitative estimate of drug-likeness (QED) is 0.628. The second kappa shape index (κ2) is 7.21. The lowest BCUT2D eigenvalue weighted by Gasteiger charge is -1.99. The summed E-state index contributed by atoms with van der Waals surface area (Å²) in [5.41, 5.74) is 6.55. The first-order chi connectivity index (χ1) is 8.24. The van der Waals surface area contributed by atoms with Crippen molar-refractivity contribution in [2.45, 2.75) is 36.8 Å². The summed E-state index contributed by atoms with van der Waals surface area (Å²) in [7, 11) is 0. The minimum Gasteiger partial charge on any atom is -0.396 e. The summed E-state index contributed by atoms with van der Waals surface area (Å²) in [5.74, 6) is 0.986. The Hall–Kier alpha value is -1.17. The van der Waals surface area contributed by atoms with Gasteiger partial charge in [0.05, 0.1) is 9.90 Å². The van der Waals surface area contributed by atoms with Crippen molar-refractivity contribution in [1.29, 1.82) is 10.5 Å². The van der Waals surface area contributed by atoms with Crippen LogP contribution in [0.3, 0.4) is 0 Å². The van der Waals surface area contributed by atoms with E-state index in [9.17, 15) is 0 Å². The Morgan fingerprint density at radius 3 is 2.59 bits per heavy atom. The summed E-state index contributed by atoms with van der Waals surface area (Å²) < 4.78 is 0.887. The van der Waals surface area contributed by atoms with Crippen LogP contribution in [0.2, 0.25) is 0 Å². The predicted molar refractivity (Wildman–Crippen MR) is 73.0 cm³/mol. The number of unbranched alkanes of at least 4 members (excludes halogenated alkanes) is 3. The van der Waals surface area contributed by atoms with Crippen molar-refractivity contribution < 1.29 is 0 Å². The van der Waals surface area contributed by atoms with Gasteiger partial charge in [-0.25, -0.2) is 0 Å². The number of thioether (sulfide) groups is 1. The average molecular weight is 265 g/mol. The third-order valence-corrected chi connectivity index (χ3v) is 4.82. The predicted octanol–water partition coefficient (Wildman–Crippen LogP) is 3.75. The Balaban J connectivity index is 2.60. The number of hydrogen-bond acceptors (Lipinski definition) is 5. The lowest BCUT2D eigenvalue weighted by atomic mass is 10.2. The van der Waals surface area contributed by atoms with Crippen LogP contribution >= 0.6 is 23.1 Å². The molecule has 1 heterocycles. The molecule has 0 amide bonds. The number of nitrogens with zero attached hydrogens (tertiary/aromatic N) is 2. The second-order valence-electron chi connectivity index (χ2n) is 3.64. The fourth-order valence-corrected chi connectivity index (χ4v) is 3.68. The fourth-order valence-electron chi connectivity index (χ4n) is 1.41. The van der Waals surface area contributed by atoms with Crippen molar-refractivity contribution in [3.05, 3.63) is 10.4 Å². The fraction of sp³-hybridized carbons (Fsp3) is 0.500. The Morgan fingerprint density at radius 1 is 1.24 bits per heavy atom. The van der Waals surface area contributed by atoms with Crippen molar-refractivity contribution in [2.75, 3.05) is 11.5 Å². The maximum atomic E-state index is 9.00. The van der Waals surface area contributed by atoms with E-state index in [-0.39, 0.29) is 0 Å². The molecular formula is C12H15N3S2. The van der Waals surface area contributed by atoms with Crippen molar-refractivity contribution in [3.8, 4) is 12.1 Å². The van der Waals surface area contributed by atoms with E-state index in [0.29, 0.717) is 16.1 Å². The van der Waals surface area contributed by atoms with Gasteiger partial charge >= 0.3 is 0 Å². The van der Waals surface area contributed by atoms with Crippen molar-refractivity contribution in [1.82, 2.24) is 0 Å². The number of nitriles is 2. The molecule has 0 spiro atoms. The van der Waals surface area contributed by atoms with Crippen LogP contribution in [0, 0.1) is 22.7 Å². The second-order valence-corrected chi connectivity index (χ2v) is 6.02. The molecular weight excluding hydrogens is 250 g/mol. The molecule has 1 aromatic heterocycles. The van der Waals surface area contributed by atoms with Crippen LogP contribution in [0.25, 0.3) is 0 Å². The van der Waals surface area contributed by atoms with E-state index in [1.165, 1.54) is 30.6 Å². The molecule has 0 aromatic carbocycles. The smallest absolute Gasteiger partial charge is 0.130 e. The van der Waals surface area contributed by atoms with Crippen molar-refractivity contribution in [3.63, 3.8) is 0 Å². The molecule has 1 aromatic rings. The van der Waals surface area contributed by atoms with Gasteiger partial charge in [-0.05, 0) is 12.2 Å². The zero-order valence-electron chi connectivity index (χ0n) is 9.82. The van der Waals surface area contributed by atoms with Gasteiger partial charge in [0.1, 0.15) is 22.6 Å². The number of thiophene rings is 1. The van der Waals surface area contributed by atoms with E-state index in [4.69, 9.17) is 16.3 Å². The maximum absolute atomic E-state index is 9.00. The van der Waals surface area contributed by atoms with E-state index in [1.807, 2.05) is 6.07 Å². The summed E-state index contributed by atoms with van der Waals surface area (Å²) >= 11 is 2.97. The van der Waals surface area contributed by atoms with Crippen LogP contribution in [-0.4, -0.2) is 5.75 Å². The van der Waals surface area contributed by atoms with Gasteiger partial charge in [-0.2, -0.15) is 10.5 Å². The highest BCUT2D eigenvalue weighted by Crippen LogP contribution is 2.37. The van der Waals surface area contributed by atoms with Crippen LogP contribution in [-0.2, 0) is 0 Å². The first-order valence-electron chi connectivity index (χ1n) is 5.59. The molecule has 0 aliphatic carbocycles. The van der Waals surface area contributed by atoms with Gasteiger partial charge in [0, 0.05) is 0 Å². The zero-order valence-corrected chi connectivity index (χ0v) is 11.5. The van der Waals surface area contributed by atoms with Crippen molar-refractivity contribution >= 4 is 28.8 Å². The van der Waals surface area contributed by atoms with Crippen LogP contribution in [0.1, 0.15) is 43.0 Å². The van der Waals surface area contributed by atoms with E-state index in [1.54, 1.807) is 11.8 Å². The Labute approximate surface area is 110 Å². The van der Waals surface area contributed by atoms with Gasteiger partial charge in [0.15, 0.2) is 0 Å². The molecule has 0 aliphatic rings. The molecule has 0 fully saturated rings. The van der Waals surface area contributed by atoms with Crippen molar-refractivity contribution in [2.24, 2.45) is 0 Å². The number of nitrogens with two attached hydrogens (primary N) is 1. The zero-order chi connectivity index (χ0) is 12.7. The summed E-state index contributed by atoms with van der Waals surface area (Å²) in [6.07, 6.45) is 4.83. The van der Waals surface area contributed by atoms with Gasteiger partial charge in [-0.3, -0.25) is 0 Å². The number of anilines is 1. The first-order valence-corrected chi connectivity index (χ1v) is 7.40. The van der Waals surface area contributed by atoms with Gasteiger partial charge in [-0.1, -0.05) is 26.2 Å². The van der Waals surface area contributed by atoms with E-state index in [2.05, 4.69) is 13.0 Å². The van der Waals surface area contributed by atoms with E-state index < -0.39 is 0 Å². The molecule has 17 heavy (non-hydrogen) atoms. The van der Waals surface area contributed by atoms with Crippen LogP contribution < -0.4 is 5.73 Å². The standard InChI is InChI=1S/C12H15N3S2/c1-2-3-4-5-6-16-12-9(7-13)11(15)10(8-14)17-12/h2-6,15H2,1H3. The summed E-state index contributed by atoms with van der Waals surface area (Å²) in [4.78, 5) is 0.456. The lowest BCUT2D eigenvalue weighted by molar-refractivity contribution is 0.706. The minimum atomic E-state index is 0.344.